The Balaban J connectivity index is 1.66. The Hall–Kier alpha value is -2.47. The van der Waals surface area contributed by atoms with E-state index in [1.165, 1.54) is 6.08 Å². The van der Waals surface area contributed by atoms with Crippen LogP contribution in [0.1, 0.15) is 16.5 Å². The second kappa shape index (κ2) is 6.11. The van der Waals surface area contributed by atoms with Crippen molar-refractivity contribution in [1.82, 2.24) is 19.9 Å². The summed E-state index contributed by atoms with van der Waals surface area (Å²) in [6, 6.07) is 7.82. The van der Waals surface area contributed by atoms with Crippen molar-refractivity contribution in [2.45, 2.75) is 13.5 Å². The van der Waals surface area contributed by atoms with Crippen LogP contribution in [0.25, 0.3) is 17.1 Å². The molecule has 0 aliphatic rings. The van der Waals surface area contributed by atoms with Gasteiger partial charge in [0, 0.05) is 18.5 Å². The fraction of sp³-hybridized carbons (Fsp3) is 0.188. The summed E-state index contributed by atoms with van der Waals surface area (Å²) in [5.41, 5.74) is 2.70. The summed E-state index contributed by atoms with van der Waals surface area (Å²) in [4.78, 5) is 25.7. The van der Waals surface area contributed by atoms with Gasteiger partial charge in [0.2, 0.25) is 5.91 Å². The van der Waals surface area contributed by atoms with Gasteiger partial charge in [0.25, 0.3) is 0 Å². The van der Waals surface area contributed by atoms with E-state index in [4.69, 9.17) is 0 Å². The van der Waals surface area contributed by atoms with E-state index in [0.29, 0.717) is 6.54 Å². The minimum atomic E-state index is -0.0777. The molecule has 6 heteroatoms. The molecule has 2 aromatic heterocycles. The van der Waals surface area contributed by atoms with Crippen molar-refractivity contribution in [3.05, 3.63) is 52.2 Å². The monoisotopic (exact) mass is 312 g/mol. The van der Waals surface area contributed by atoms with Crippen LogP contribution in [0.4, 0.5) is 0 Å². The van der Waals surface area contributed by atoms with Crippen LogP contribution in [-0.2, 0) is 11.3 Å². The highest BCUT2D eigenvalue weighted by molar-refractivity contribution is 7.09. The molecule has 3 rings (SSSR count). The summed E-state index contributed by atoms with van der Waals surface area (Å²) in [6.07, 6.45) is 3.28. The van der Waals surface area contributed by atoms with Gasteiger partial charge in [-0.3, -0.25) is 4.79 Å². The number of rotatable bonds is 4. The second-order valence-electron chi connectivity index (χ2n) is 5.02. The smallest absolute Gasteiger partial charge is 0.246 e. The van der Waals surface area contributed by atoms with E-state index in [1.54, 1.807) is 29.4 Å². The zero-order chi connectivity index (χ0) is 15.5. The van der Waals surface area contributed by atoms with Gasteiger partial charge >= 0.3 is 0 Å². The number of hydrogen-bond acceptors (Lipinski definition) is 4. The number of carbonyl (C=O) groups excluding carboxylic acids is 1. The van der Waals surface area contributed by atoms with Gasteiger partial charge in [-0.05, 0) is 25.1 Å². The number of amides is 1. The topological polar surface area (TPSA) is 61.9 Å². The summed E-state index contributed by atoms with van der Waals surface area (Å²) in [5.74, 6) is 0.695. The third kappa shape index (κ3) is 3.23. The third-order valence-electron chi connectivity index (χ3n) is 3.24. The molecule has 3 aromatic rings. The van der Waals surface area contributed by atoms with Gasteiger partial charge in [0.05, 0.1) is 28.3 Å². The molecule has 0 aliphatic heterocycles. The first-order valence-corrected chi connectivity index (χ1v) is 7.79. The molecule has 5 nitrogen and oxygen atoms in total. The number of H-pyrrole nitrogens is 1. The van der Waals surface area contributed by atoms with Gasteiger partial charge in [0.15, 0.2) is 0 Å². The highest BCUT2D eigenvalue weighted by atomic mass is 32.1. The molecular weight excluding hydrogens is 296 g/mol. The number of fused-ring (bicyclic) bond motifs is 1. The molecule has 1 aromatic carbocycles. The summed E-state index contributed by atoms with van der Waals surface area (Å²) in [6.45, 7) is 2.38. The number of thiazole rings is 1. The second-order valence-corrected chi connectivity index (χ2v) is 6.08. The lowest BCUT2D eigenvalue weighted by Crippen LogP contribution is -2.24. The van der Waals surface area contributed by atoms with Crippen LogP contribution in [0.5, 0.6) is 0 Å². The van der Waals surface area contributed by atoms with Crippen molar-refractivity contribution in [3.63, 3.8) is 0 Å². The van der Waals surface area contributed by atoms with E-state index in [1.807, 2.05) is 36.6 Å². The minimum absolute atomic E-state index is 0.0777. The van der Waals surface area contributed by atoms with Crippen LogP contribution in [-0.4, -0.2) is 32.8 Å². The lowest BCUT2D eigenvalue weighted by molar-refractivity contribution is -0.125. The maximum Gasteiger partial charge on any atom is 0.246 e. The molecule has 0 atom stereocenters. The van der Waals surface area contributed by atoms with Crippen LogP contribution >= 0.6 is 11.3 Å². The number of nitrogens with zero attached hydrogens (tertiary/aromatic N) is 3. The lowest BCUT2D eigenvalue weighted by Gasteiger charge is -2.12. The van der Waals surface area contributed by atoms with Crippen molar-refractivity contribution in [2.24, 2.45) is 0 Å². The third-order valence-corrected chi connectivity index (χ3v) is 4.03. The maximum atomic E-state index is 12.1. The Bertz CT molecular complexity index is 800. The first-order chi connectivity index (χ1) is 10.6. The number of aromatic nitrogens is 3. The number of para-hydroxylation sites is 2. The first kappa shape index (κ1) is 14.5. The molecule has 0 bridgehead atoms. The average molecular weight is 312 g/mol. The lowest BCUT2D eigenvalue weighted by atomic mass is 10.3. The molecule has 0 aliphatic carbocycles. The Morgan fingerprint density at radius 2 is 2.18 bits per heavy atom. The fourth-order valence-corrected chi connectivity index (χ4v) is 2.70. The van der Waals surface area contributed by atoms with E-state index in [2.05, 4.69) is 15.0 Å². The van der Waals surface area contributed by atoms with Crippen LogP contribution in [0.15, 0.2) is 35.7 Å². The van der Waals surface area contributed by atoms with Crippen molar-refractivity contribution < 1.29 is 4.79 Å². The Labute approximate surface area is 132 Å². The predicted molar refractivity (Wildman–Crippen MR) is 88.5 cm³/mol. The molecule has 0 spiro atoms. The van der Waals surface area contributed by atoms with Gasteiger partial charge in [-0.15, -0.1) is 11.3 Å². The van der Waals surface area contributed by atoms with Gasteiger partial charge in [-0.25, -0.2) is 9.97 Å². The number of hydrogen-bond donors (Lipinski definition) is 1. The van der Waals surface area contributed by atoms with E-state index in [-0.39, 0.29) is 5.91 Å². The number of aryl methyl sites for hydroxylation is 1. The average Bonchev–Trinajstić information content (AvgIpc) is 3.09. The van der Waals surface area contributed by atoms with Gasteiger partial charge in [-0.2, -0.15) is 0 Å². The summed E-state index contributed by atoms with van der Waals surface area (Å²) < 4.78 is 0. The number of benzene rings is 1. The maximum absolute atomic E-state index is 12.1. The van der Waals surface area contributed by atoms with Crippen LogP contribution < -0.4 is 0 Å². The number of nitrogens with one attached hydrogen (secondary N) is 1. The van der Waals surface area contributed by atoms with Crippen LogP contribution in [0.3, 0.4) is 0 Å². The van der Waals surface area contributed by atoms with E-state index >= 15 is 0 Å². The largest absolute Gasteiger partial charge is 0.340 e. The molecule has 112 valence electrons. The van der Waals surface area contributed by atoms with E-state index in [9.17, 15) is 4.79 Å². The number of imidazole rings is 1. The molecule has 0 fully saturated rings. The van der Waals surface area contributed by atoms with Crippen molar-refractivity contribution >= 4 is 34.4 Å². The number of aromatic amines is 1. The number of carbonyl (C=O) groups is 1. The molecule has 0 saturated heterocycles. The zero-order valence-corrected chi connectivity index (χ0v) is 13.2. The highest BCUT2D eigenvalue weighted by Gasteiger charge is 2.09. The quantitative estimate of drug-likeness (QED) is 0.753. The first-order valence-electron chi connectivity index (χ1n) is 6.91. The molecule has 2 heterocycles. The minimum Gasteiger partial charge on any atom is -0.340 e. The van der Waals surface area contributed by atoms with E-state index in [0.717, 1.165) is 27.6 Å². The number of likely N-dealkylation sites (N-methyl/N-ethyl adjacent to an activating group) is 1. The Morgan fingerprint density at radius 1 is 1.36 bits per heavy atom. The molecule has 22 heavy (non-hydrogen) atoms. The van der Waals surface area contributed by atoms with Gasteiger partial charge in [-0.1, -0.05) is 12.1 Å². The summed E-state index contributed by atoms with van der Waals surface area (Å²) in [7, 11) is 1.76. The molecular formula is C16H16N4OS. The highest BCUT2D eigenvalue weighted by Crippen LogP contribution is 2.12. The summed E-state index contributed by atoms with van der Waals surface area (Å²) in [5, 5.41) is 2.92. The van der Waals surface area contributed by atoms with Crippen molar-refractivity contribution in [1.29, 1.82) is 0 Å². The van der Waals surface area contributed by atoms with Crippen LogP contribution in [0.2, 0.25) is 0 Å². The fourth-order valence-electron chi connectivity index (χ4n) is 2.12. The summed E-state index contributed by atoms with van der Waals surface area (Å²) >= 11 is 1.57. The Kier molecular flexibility index (Phi) is 4.02. The SMILES string of the molecule is Cc1nc(/C=C/C(=O)N(C)Cc2nc3ccccc3[nH]2)cs1. The standard InChI is InChI=1S/C16H16N4OS/c1-11-17-12(10-22-11)7-8-16(21)20(2)9-15-18-13-5-3-4-6-14(13)19-15/h3-8,10H,9H2,1-2H3,(H,18,19)/b8-7+. The van der Waals surface area contributed by atoms with Crippen LogP contribution in [0, 0.1) is 6.92 Å². The molecule has 1 N–H and O–H groups in total. The predicted octanol–water partition coefficient (Wildman–Crippen LogP) is 3.00. The van der Waals surface area contributed by atoms with Gasteiger partial charge < -0.3 is 9.88 Å². The normalized spacial score (nSPS) is 11.4. The van der Waals surface area contributed by atoms with Crippen molar-refractivity contribution in [3.8, 4) is 0 Å². The molecule has 0 radical (unpaired) electrons. The molecule has 1 amide bonds. The van der Waals surface area contributed by atoms with Crippen molar-refractivity contribution in [2.75, 3.05) is 7.05 Å². The van der Waals surface area contributed by atoms with E-state index < -0.39 is 0 Å². The zero-order valence-electron chi connectivity index (χ0n) is 12.4. The van der Waals surface area contributed by atoms with Gasteiger partial charge in [0.1, 0.15) is 5.82 Å². The molecule has 0 unspecified atom stereocenters. The Morgan fingerprint density at radius 3 is 2.91 bits per heavy atom. The molecule has 0 saturated carbocycles.